The summed E-state index contributed by atoms with van der Waals surface area (Å²) in [6.45, 7) is 1.84. The smallest absolute Gasteiger partial charge is 0.110 e. The lowest BCUT2D eigenvalue weighted by molar-refractivity contribution is 0.249. The quantitative estimate of drug-likeness (QED) is 0.262. The molecule has 1 aliphatic rings. The van der Waals surface area contributed by atoms with Crippen molar-refractivity contribution >= 4 is 46.4 Å². The zero-order chi connectivity index (χ0) is 21.3. The summed E-state index contributed by atoms with van der Waals surface area (Å²) in [6, 6.07) is 15.5. The summed E-state index contributed by atoms with van der Waals surface area (Å²) in [6.07, 6.45) is 7.49. The maximum Gasteiger partial charge on any atom is 0.110 e. The topological polar surface area (TPSA) is 24.1 Å². The molecule has 0 heterocycles. The van der Waals surface area contributed by atoms with E-state index in [1.54, 1.807) is 0 Å². The molecule has 0 aromatic heterocycles. The van der Waals surface area contributed by atoms with Gasteiger partial charge in [-0.05, 0) is 49.9 Å². The molecule has 2 N–H and O–H groups in total. The minimum atomic E-state index is -0.234. The van der Waals surface area contributed by atoms with Crippen molar-refractivity contribution in [2.45, 2.75) is 49.5 Å². The first-order chi connectivity index (χ1) is 14.5. The van der Waals surface area contributed by atoms with E-state index in [1.807, 2.05) is 48.5 Å². The van der Waals surface area contributed by atoms with Crippen LogP contribution in [0.4, 0.5) is 0 Å². The second-order valence-corrected chi connectivity index (χ2v) is 9.83. The molecule has 0 spiro atoms. The molecule has 2 aromatic carbocycles. The summed E-state index contributed by atoms with van der Waals surface area (Å²) in [5.41, 5.74) is 1.43. The molecule has 2 nitrogen and oxygen atoms in total. The molecule has 1 saturated carbocycles. The molecule has 2 aromatic rings. The second kappa shape index (κ2) is 12.5. The van der Waals surface area contributed by atoms with Crippen LogP contribution < -0.4 is 10.6 Å². The summed E-state index contributed by atoms with van der Waals surface area (Å²) < 4.78 is 0. The molecule has 30 heavy (non-hydrogen) atoms. The van der Waals surface area contributed by atoms with Crippen molar-refractivity contribution in [3.8, 4) is 0 Å². The zero-order valence-electron chi connectivity index (χ0n) is 17.1. The number of hydrogen-bond acceptors (Lipinski definition) is 2. The van der Waals surface area contributed by atoms with Crippen LogP contribution in [-0.2, 0) is 0 Å². The van der Waals surface area contributed by atoms with Crippen LogP contribution in [0, 0.1) is 11.8 Å². The van der Waals surface area contributed by atoms with Crippen molar-refractivity contribution in [3.05, 3.63) is 69.7 Å². The van der Waals surface area contributed by atoms with E-state index in [1.165, 1.54) is 25.7 Å². The monoisotopic (exact) mass is 486 g/mol. The Balaban J connectivity index is 1.29. The van der Waals surface area contributed by atoms with Crippen LogP contribution in [0.1, 0.15) is 60.7 Å². The summed E-state index contributed by atoms with van der Waals surface area (Å²) in [5.74, 6) is 1.56. The molecule has 1 fully saturated rings. The van der Waals surface area contributed by atoms with Gasteiger partial charge in [-0.3, -0.25) is 10.6 Å². The Morgan fingerprint density at radius 2 is 1.03 bits per heavy atom. The lowest BCUT2D eigenvalue weighted by Crippen LogP contribution is -2.25. The van der Waals surface area contributed by atoms with Gasteiger partial charge in [0.15, 0.2) is 0 Å². The van der Waals surface area contributed by atoms with Crippen molar-refractivity contribution in [2.24, 2.45) is 11.8 Å². The summed E-state index contributed by atoms with van der Waals surface area (Å²) in [5, 5.41) is 8.25. The molecule has 2 unspecified atom stereocenters. The highest BCUT2D eigenvalue weighted by Crippen LogP contribution is 2.33. The molecule has 0 aliphatic heterocycles. The molecule has 0 saturated heterocycles. The molecular formula is C24H30Cl4N2. The highest BCUT2D eigenvalue weighted by molar-refractivity contribution is 6.33. The highest BCUT2D eigenvalue weighted by atomic mass is 35.5. The maximum atomic E-state index is 6.47. The third-order valence-corrected chi connectivity index (χ3v) is 7.54. The molecule has 0 radical (unpaired) electrons. The van der Waals surface area contributed by atoms with Gasteiger partial charge in [-0.1, -0.05) is 85.3 Å². The number of nitrogens with one attached hydrogen (secondary N) is 2. The Bertz CT molecular complexity index is 712. The van der Waals surface area contributed by atoms with Gasteiger partial charge in [0, 0.05) is 21.2 Å². The van der Waals surface area contributed by atoms with Crippen LogP contribution in [0.5, 0.6) is 0 Å². The molecule has 164 valence electrons. The van der Waals surface area contributed by atoms with Crippen LogP contribution in [-0.4, -0.2) is 13.1 Å². The van der Waals surface area contributed by atoms with Crippen LogP contribution in [0.2, 0.25) is 10.0 Å². The predicted octanol–water partition coefficient (Wildman–Crippen LogP) is 7.93. The van der Waals surface area contributed by atoms with Gasteiger partial charge >= 0.3 is 0 Å². The first kappa shape index (κ1) is 24.2. The van der Waals surface area contributed by atoms with Gasteiger partial charge in [-0.25, -0.2) is 0 Å². The van der Waals surface area contributed by atoms with E-state index in [0.717, 1.165) is 48.9 Å². The molecule has 0 bridgehead atoms. The third-order valence-electron chi connectivity index (χ3n) is 6.08. The van der Waals surface area contributed by atoms with Crippen molar-refractivity contribution in [2.75, 3.05) is 13.1 Å². The van der Waals surface area contributed by atoms with E-state index in [9.17, 15) is 0 Å². The van der Waals surface area contributed by atoms with Gasteiger partial charge in [0.2, 0.25) is 0 Å². The fourth-order valence-corrected chi connectivity index (χ4v) is 5.42. The summed E-state index contributed by atoms with van der Waals surface area (Å²) in [7, 11) is 0. The SMILES string of the molecule is Clc1ccccc1C(Cl)NCCC1CCC(CCNC(Cl)c2ccccc2Cl)CC1. The van der Waals surface area contributed by atoms with Crippen molar-refractivity contribution in [1.82, 2.24) is 10.6 Å². The van der Waals surface area contributed by atoms with Gasteiger partial charge in [-0.2, -0.15) is 0 Å². The van der Waals surface area contributed by atoms with Crippen LogP contribution in [0.3, 0.4) is 0 Å². The molecular weight excluding hydrogens is 458 g/mol. The Kier molecular flexibility index (Phi) is 10.1. The number of alkyl halides is 2. The normalized spacial score (nSPS) is 21.3. The predicted molar refractivity (Wildman–Crippen MR) is 131 cm³/mol. The fraction of sp³-hybridized carbons (Fsp3) is 0.500. The van der Waals surface area contributed by atoms with E-state index in [2.05, 4.69) is 10.6 Å². The van der Waals surface area contributed by atoms with Crippen LogP contribution >= 0.6 is 46.4 Å². The summed E-state index contributed by atoms with van der Waals surface area (Å²) in [4.78, 5) is 0. The van der Waals surface area contributed by atoms with Crippen LogP contribution in [0.25, 0.3) is 0 Å². The van der Waals surface area contributed by atoms with Gasteiger partial charge in [0.25, 0.3) is 0 Å². The van der Waals surface area contributed by atoms with Crippen molar-refractivity contribution in [1.29, 1.82) is 0 Å². The minimum absolute atomic E-state index is 0.234. The Hall–Kier alpha value is -0.480. The van der Waals surface area contributed by atoms with Gasteiger partial charge < -0.3 is 0 Å². The lowest BCUT2D eigenvalue weighted by Gasteiger charge is -2.29. The Morgan fingerprint density at radius 3 is 1.40 bits per heavy atom. The van der Waals surface area contributed by atoms with Crippen molar-refractivity contribution in [3.63, 3.8) is 0 Å². The maximum absolute atomic E-state index is 6.47. The Labute approximate surface area is 200 Å². The number of rotatable bonds is 10. The first-order valence-corrected chi connectivity index (χ1v) is 12.4. The van der Waals surface area contributed by atoms with E-state index in [4.69, 9.17) is 46.4 Å². The second-order valence-electron chi connectivity index (χ2n) is 8.14. The number of halogens is 4. The molecule has 0 amide bonds. The number of hydrogen-bond donors (Lipinski definition) is 2. The van der Waals surface area contributed by atoms with Gasteiger partial charge in [-0.15, -0.1) is 23.2 Å². The zero-order valence-corrected chi connectivity index (χ0v) is 20.1. The third kappa shape index (κ3) is 7.29. The van der Waals surface area contributed by atoms with Crippen molar-refractivity contribution < 1.29 is 0 Å². The molecule has 3 rings (SSSR count). The molecule has 6 heteroatoms. The average molecular weight is 488 g/mol. The van der Waals surface area contributed by atoms with E-state index >= 15 is 0 Å². The Morgan fingerprint density at radius 1 is 0.667 bits per heavy atom. The van der Waals surface area contributed by atoms with E-state index in [0.29, 0.717) is 10.0 Å². The molecule has 2 atom stereocenters. The lowest BCUT2D eigenvalue weighted by atomic mass is 9.79. The summed E-state index contributed by atoms with van der Waals surface area (Å²) >= 11 is 25.4. The van der Waals surface area contributed by atoms with E-state index in [-0.39, 0.29) is 11.0 Å². The average Bonchev–Trinajstić information content (AvgIpc) is 2.75. The number of benzene rings is 2. The first-order valence-electron chi connectivity index (χ1n) is 10.8. The minimum Gasteiger partial charge on any atom is -0.298 e. The van der Waals surface area contributed by atoms with E-state index < -0.39 is 0 Å². The van der Waals surface area contributed by atoms with Gasteiger partial charge in [0.05, 0.1) is 0 Å². The van der Waals surface area contributed by atoms with Gasteiger partial charge in [0.1, 0.15) is 11.0 Å². The fourth-order valence-electron chi connectivity index (χ4n) is 4.22. The van der Waals surface area contributed by atoms with Crippen LogP contribution in [0.15, 0.2) is 48.5 Å². The highest BCUT2D eigenvalue weighted by Gasteiger charge is 2.21. The largest absolute Gasteiger partial charge is 0.298 e. The standard InChI is InChI=1S/C24H30Cl4N2/c25-21-7-3-1-5-19(21)23(27)29-15-13-17-9-11-18(12-10-17)14-16-30-24(28)20-6-2-4-8-22(20)26/h1-8,17-18,23-24,29-30H,9-16H2. The molecule has 1 aliphatic carbocycles.